The zero-order valence-electron chi connectivity index (χ0n) is 7.52. The molecule has 0 radical (unpaired) electrons. The Morgan fingerprint density at radius 3 is 2.64 bits per heavy atom. The highest BCUT2D eigenvalue weighted by molar-refractivity contribution is 9.10. The van der Waals surface area contributed by atoms with Crippen molar-refractivity contribution in [1.82, 2.24) is 5.32 Å². The van der Waals surface area contributed by atoms with Crippen LogP contribution in [-0.4, -0.2) is 18.7 Å². The van der Waals surface area contributed by atoms with Gasteiger partial charge in [-0.2, -0.15) is 0 Å². The summed E-state index contributed by atoms with van der Waals surface area (Å²) in [6.45, 7) is 0.179. The van der Waals surface area contributed by atoms with E-state index >= 15 is 0 Å². The summed E-state index contributed by atoms with van der Waals surface area (Å²) in [6, 6.07) is 1.99. The molecule has 2 nitrogen and oxygen atoms in total. The summed E-state index contributed by atoms with van der Waals surface area (Å²) < 4.78 is 26.3. The van der Waals surface area contributed by atoms with Crippen molar-refractivity contribution in [3.63, 3.8) is 0 Å². The molecule has 14 heavy (non-hydrogen) atoms. The van der Waals surface area contributed by atoms with Gasteiger partial charge in [0.25, 0.3) is 0 Å². The van der Waals surface area contributed by atoms with Crippen LogP contribution in [0.4, 0.5) is 8.78 Å². The SMILES string of the molecule is CNCC(O)c1cc(F)c(Br)cc1F. The predicted molar refractivity (Wildman–Crippen MR) is 52.9 cm³/mol. The lowest BCUT2D eigenvalue weighted by Crippen LogP contribution is -2.17. The van der Waals surface area contributed by atoms with Crippen molar-refractivity contribution in [2.24, 2.45) is 0 Å². The molecule has 0 saturated heterocycles. The van der Waals surface area contributed by atoms with Gasteiger partial charge in [-0.25, -0.2) is 8.78 Å². The first kappa shape index (κ1) is 11.6. The average Bonchev–Trinajstić information content (AvgIpc) is 2.11. The Morgan fingerprint density at radius 1 is 1.43 bits per heavy atom. The van der Waals surface area contributed by atoms with E-state index in [0.717, 1.165) is 12.1 Å². The number of aliphatic hydroxyl groups is 1. The third-order valence-corrected chi connectivity index (χ3v) is 2.40. The van der Waals surface area contributed by atoms with Crippen molar-refractivity contribution in [2.75, 3.05) is 13.6 Å². The number of hydrogen-bond donors (Lipinski definition) is 2. The minimum absolute atomic E-state index is 0.0416. The molecule has 1 unspecified atom stereocenters. The third kappa shape index (κ3) is 2.50. The second kappa shape index (κ2) is 4.82. The number of rotatable bonds is 3. The molecule has 0 amide bonds. The van der Waals surface area contributed by atoms with E-state index in [2.05, 4.69) is 21.2 Å². The Bertz CT molecular complexity index is 333. The number of aliphatic hydroxyl groups excluding tert-OH is 1. The van der Waals surface area contributed by atoms with E-state index < -0.39 is 17.7 Å². The number of benzene rings is 1. The minimum atomic E-state index is -1.04. The van der Waals surface area contributed by atoms with Crippen LogP contribution in [0.15, 0.2) is 16.6 Å². The van der Waals surface area contributed by atoms with Crippen molar-refractivity contribution in [2.45, 2.75) is 6.10 Å². The molecule has 1 rings (SSSR count). The summed E-state index contributed by atoms with van der Waals surface area (Å²) in [4.78, 5) is 0. The van der Waals surface area contributed by atoms with Gasteiger partial charge >= 0.3 is 0 Å². The third-order valence-electron chi connectivity index (χ3n) is 1.80. The molecule has 2 N–H and O–H groups in total. The van der Waals surface area contributed by atoms with Gasteiger partial charge in [0.15, 0.2) is 0 Å². The maximum atomic E-state index is 13.2. The van der Waals surface area contributed by atoms with E-state index in [1.165, 1.54) is 0 Å². The maximum absolute atomic E-state index is 13.2. The fourth-order valence-corrected chi connectivity index (χ4v) is 1.41. The van der Waals surface area contributed by atoms with Gasteiger partial charge in [0.1, 0.15) is 11.6 Å². The van der Waals surface area contributed by atoms with E-state index in [4.69, 9.17) is 0 Å². The Hall–Kier alpha value is -0.520. The standard InChI is InChI=1S/C9H10BrF2NO/c1-13-4-9(14)5-2-8(12)6(10)3-7(5)11/h2-3,9,13-14H,4H2,1H3. The van der Waals surface area contributed by atoms with Crippen molar-refractivity contribution >= 4 is 15.9 Å². The van der Waals surface area contributed by atoms with Crippen molar-refractivity contribution in [3.05, 3.63) is 33.8 Å². The van der Waals surface area contributed by atoms with Crippen LogP contribution in [0.2, 0.25) is 0 Å². The zero-order chi connectivity index (χ0) is 10.7. The van der Waals surface area contributed by atoms with Gasteiger partial charge in [0.2, 0.25) is 0 Å². The Morgan fingerprint density at radius 2 is 2.07 bits per heavy atom. The van der Waals surface area contributed by atoms with Crippen LogP contribution in [0, 0.1) is 11.6 Å². The molecular formula is C9H10BrF2NO. The molecule has 1 aromatic rings. The molecular weight excluding hydrogens is 256 g/mol. The van der Waals surface area contributed by atoms with E-state index in [1.807, 2.05) is 0 Å². The molecule has 0 aliphatic heterocycles. The van der Waals surface area contributed by atoms with Crippen molar-refractivity contribution in [3.8, 4) is 0 Å². The average molecular weight is 266 g/mol. The van der Waals surface area contributed by atoms with E-state index in [9.17, 15) is 13.9 Å². The molecule has 5 heteroatoms. The monoisotopic (exact) mass is 265 g/mol. The largest absolute Gasteiger partial charge is 0.387 e. The van der Waals surface area contributed by atoms with E-state index in [1.54, 1.807) is 7.05 Å². The molecule has 0 heterocycles. The number of nitrogens with one attached hydrogen (secondary N) is 1. The van der Waals surface area contributed by atoms with Crippen LogP contribution in [-0.2, 0) is 0 Å². The van der Waals surface area contributed by atoms with Gasteiger partial charge in [-0.05, 0) is 35.1 Å². The van der Waals surface area contributed by atoms with Crippen molar-refractivity contribution < 1.29 is 13.9 Å². The lowest BCUT2D eigenvalue weighted by Gasteiger charge is -2.11. The van der Waals surface area contributed by atoms with Crippen LogP contribution in [0.5, 0.6) is 0 Å². The lowest BCUT2D eigenvalue weighted by atomic mass is 10.1. The first-order chi connectivity index (χ1) is 6.56. The van der Waals surface area contributed by atoms with Crippen LogP contribution in [0.25, 0.3) is 0 Å². The topological polar surface area (TPSA) is 32.3 Å². The second-order valence-corrected chi connectivity index (χ2v) is 3.72. The molecule has 1 aromatic carbocycles. The lowest BCUT2D eigenvalue weighted by molar-refractivity contribution is 0.172. The molecule has 0 spiro atoms. The minimum Gasteiger partial charge on any atom is -0.387 e. The summed E-state index contributed by atoms with van der Waals surface area (Å²) in [5.41, 5.74) is -0.0416. The summed E-state index contributed by atoms with van der Waals surface area (Å²) in [6.07, 6.45) is -1.04. The molecule has 0 aromatic heterocycles. The molecule has 78 valence electrons. The van der Waals surface area contributed by atoms with Crippen LogP contribution >= 0.6 is 15.9 Å². The first-order valence-electron chi connectivity index (χ1n) is 4.03. The smallest absolute Gasteiger partial charge is 0.137 e. The van der Waals surface area contributed by atoms with Crippen LogP contribution in [0.3, 0.4) is 0 Å². The maximum Gasteiger partial charge on any atom is 0.137 e. The highest BCUT2D eigenvalue weighted by Gasteiger charge is 2.14. The first-order valence-corrected chi connectivity index (χ1v) is 4.82. The fourth-order valence-electron chi connectivity index (χ4n) is 1.10. The quantitative estimate of drug-likeness (QED) is 0.820. The van der Waals surface area contributed by atoms with Crippen molar-refractivity contribution in [1.29, 1.82) is 0 Å². The summed E-state index contributed by atoms with van der Waals surface area (Å²) in [5, 5.41) is 12.1. The number of halogens is 3. The van der Waals surface area contributed by atoms with Gasteiger partial charge in [-0.15, -0.1) is 0 Å². The van der Waals surface area contributed by atoms with Gasteiger partial charge < -0.3 is 10.4 Å². The Labute approximate surface area is 89.1 Å². The molecule has 1 atom stereocenters. The highest BCUT2D eigenvalue weighted by atomic mass is 79.9. The second-order valence-electron chi connectivity index (χ2n) is 2.86. The van der Waals surface area contributed by atoms with Gasteiger partial charge in [-0.1, -0.05) is 0 Å². The Kier molecular flexibility index (Phi) is 3.97. The van der Waals surface area contributed by atoms with Gasteiger partial charge in [-0.3, -0.25) is 0 Å². The summed E-state index contributed by atoms with van der Waals surface area (Å²) >= 11 is 2.86. The summed E-state index contributed by atoms with van der Waals surface area (Å²) in [7, 11) is 1.62. The molecule has 0 aliphatic carbocycles. The van der Waals surface area contributed by atoms with Crippen LogP contribution < -0.4 is 5.32 Å². The zero-order valence-corrected chi connectivity index (χ0v) is 9.11. The molecule has 0 saturated carbocycles. The fraction of sp³-hybridized carbons (Fsp3) is 0.333. The van der Waals surface area contributed by atoms with Crippen LogP contribution in [0.1, 0.15) is 11.7 Å². The number of hydrogen-bond acceptors (Lipinski definition) is 2. The number of likely N-dealkylation sites (N-methyl/N-ethyl adjacent to an activating group) is 1. The Balaban J connectivity index is 3.02. The predicted octanol–water partition coefficient (Wildman–Crippen LogP) is 1.98. The summed E-state index contributed by atoms with van der Waals surface area (Å²) in [5.74, 6) is -1.21. The highest BCUT2D eigenvalue weighted by Crippen LogP contribution is 2.23. The van der Waals surface area contributed by atoms with Gasteiger partial charge in [0, 0.05) is 12.1 Å². The van der Waals surface area contributed by atoms with E-state index in [0.29, 0.717) is 0 Å². The molecule has 0 bridgehead atoms. The van der Waals surface area contributed by atoms with E-state index in [-0.39, 0.29) is 16.6 Å². The van der Waals surface area contributed by atoms with Gasteiger partial charge in [0.05, 0.1) is 10.6 Å². The molecule has 0 aliphatic rings. The molecule has 0 fully saturated rings. The normalized spacial score (nSPS) is 12.9.